The van der Waals surface area contributed by atoms with E-state index >= 15 is 0 Å². The first-order valence-electron chi connectivity index (χ1n) is 4.48. The van der Waals surface area contributed by atoms with Crippen molar-refractivity contribution >= 4 is 17.4 Å². The smallest absolute Gasteiger partial charge is 0.142 e. The van der Waals surface area contributed by atoms with Gasteiger partial charge in [0.2, 0.25) is 0 Å². The number of nitrogen functional groups attached to an aromatic ring is 1. The fourth-order valence-electron chi connectivity index (χ4n) is 1.27. The maximum atomic E-state index is 5.93. The van der Waals surface area contributed by atoms with Gasteiger partial charge in [-0.15, -0.1) is 11.8 Å². The van der Waals surface area contributed by atoms with Crippen molar-refractivity contribution in [2.45, 2.75) is 10.1 Å². The number of hydrogen-bond donors (Lipinski definition) is 1. The van der Waals surface area contributed by atoms with Crippen LogP contribution in [0.25, 0.3) is 0 Å². The summed E-state index contributed by atoms with van der Waals surface area (Å²) in [5.74, 6) is 0.746. The minimum atomic E-state index is 0.546. The number of para-hydroxylation sites is 1. The number of ether oxygens (including phenoxy) is 2. The van der Waals surface area contributed by atoms with Crippen molar-refractivity contribution in [3.63, 3.8) is 0 Å². The number of nitrogens with two attached hydrogens (primary N) is 1. The molecular formula is C10H13NO2S. The van der Waals surface area contributed by atoms with Crippen molar-refractivity contribution in [3.8, 4) is 5.75 Å². The molecule has 14 heavy (non-hydrogen) atoms. The molecule has 2 rings (SSSR count). The average molecular weight is 211 g/mol. The van der Waals surface area contributed by atoms with Crippen LogP contribution in [-0.2, 0) is 4.74 Å². The average Bonchev–Trinajstić information content (AvgIpc) is 2.13. The highest BCUT2D eigenvalue weighted by Crippen LogP contribution is 2.36. The van der Waals surface area contributed by atoms with Crippen LogP contribution >= 0.6 is 11.8 Å². The highest BCUT2D eigenvalue weighted by molar-refractivity contribution is 8.00. The summed E-state index contributed by atoms with van der Waals surface area (Å²) < 4.78 is 10.3. The van der Waals surface area contributed by atoms with Gasteiger partial charge in [0.05, 0.1) is 31.3 Å². The molecule has 3 nitrogen and oxygen atoms in total. The molecule has 0 radical (unpaired) electrons. The molecule has 1 aliphatic heterocycles. The van der Waals surface area contributed by atoms with E-state index in [9.17, 15) is 0 Å². The summed E-state index contributed by atoms with van der Waals surface area (Å²) in [6, 6.07) is 5.84. The predicted octanol–water partition coefficient (Wildman–Crippen LogP) is 1.77. The van der Waals surface area contributed by atoms with Crippen LogP contribution in [0.2, 0.25) is 0 Å². The Morgan fingerprint density at radius 1 is 1.50 bits per heavy atom. The highest BCUT2D eigenvalue weighted by Gasteiger charge is 2.21. The molecule has 1 heterocycles. The summed E-state index contributed by atoms with van der Waals surface area (Å²) in [6.07, 6.45) is 0. The fraction of sp³-hybridized carbons (Fsp3) is 0.400. The topological polar surface area (TPSA) is 44.5 Å². The maximum absolute atomic E-state index is 5.93. The van der Waals surface area contributed by atoms with Gasteiger partial charge in [-0.05, 0) is 12.1 Å². The van der Waals surface area contributed by atoms with Crippen LogP contribution in [0, 0.1) is 0 Å². The van der Waals surface area contributed by atoms with Crippen molar-refractivity contribution in [3.05, 3.63) is 18.2 Å². The standard InChI is InChI=1S/C10H13NO2S/c1-12-8-3-2-4-9(10(8)11)14-7-5-13-6-7/h2-4,7H,5-6,11H2,1H3. The molecule has 1 saturated heterocycles. The van der Waals surface area contributed by atoms with Gasteiger partial charge in [-0.3, -0.25) is 0 Å². The first-order valence-corrected chi connectivity index (χ1v) is 5.36. The molecular weight excluding hydrogens is 198 g/mol. The normalized spacial score (nSPS) is 16.4. The molecule has 0 spiro atoms. The van der Waals surface area contributed by atoms with E-state index in [-0.39, 0.29) is 0 Å². The quantitative estimate of drug-likeness (QED) is 0.774. The van der Waals surface area contributed by atoms with Gasteiger partial charge >= 0.3 is 0 Å². The van der Waals surface area contributed by atoms with Gasteiger partial charge < -0.3 is 15.2 Å². The van der Waals surface area contributed by atoms with E-state index in [4.69, 9.17) is 15.2 Å². The van der Waals surface area contributed by atoms with E-state index in [2.05, 4.69) is 0 Å². The van der Waals surface area contributed by atoms with Crippen molar-refractivity contribution in [2.24, 2.45) is 0 Å². The molecule has 1 aromatic rings. The van der Waals surface area contributed by atoms with Crippen LogP contribution in [0.5, 0.6) is 5.75 Å². The maximum Gasteiger partial charge on any atom is 0.142 e. The summed E-state index contributed by atoms with van der Waals surface area (Å²) in [5, 5.41) is 0.546. The summed E-state index contributed by atoms with van der Waals surface area (Å²) in [4.78, 5) is 1.08. The van der Waals surface area contributed by atoms with Crippen molar-refractivity contribution < 1.29 is 9.47 Å². The zero-order valence-electron chi connectivity index (χ0n) is 8.03. The number of methoxy groups -OCH3 is 1. The van der Waals surface area contributed by atoms with Gasteiger partial charge in [-0.2, -0.15) is 0 Å². The van der Waals surface area contributed by atoms with Crippen LogP contribution in [-0.4, -0.2) is 25.6 Å². The second-order valence-corrected chi connectivity index (χ2v) is 4.49. The Labute approximate surface area is 87.6 Å². The third-order valence-corrected chi connectivity index (χ3v) is 3.36. The molecule has 0 aliphatic carbocycles. The molecule has 2 N–H and O–H groups in total. The fourth-order valence-corrected chi connectivity index (χ4v) is 2.34. The molecule has 1 fully saturated rings. The first-order chi connectivity index (χ1) is 6.81. The lowest BCUT2D eigenvalue weighted by Gasteiger charge is -2.25. The Balaban J connectivity index is 2.15. The van der Waals surface area contributed by atoms with Gasteiger partial charge in [0, 0.05) is 4.90 Å². The predicted molar refractivity (Wildman–Crippen MR) is 57.9 cm³/mol. The minimum absolute atomic E-state index is 0.546. The highest BCUT2D eigenvalue weighted by atomic mass is 32.2. The van der Waals surface area contributed by atoms with E-state index in [0.717, 1.165) is 29.5 Å². The molecule has 0 amide bonds. The molecule has 0 saturated carbocycles. The van der Waals surface area contributed by atoms with Gasteiger partial charge in [-0.1, -0.05) is 6.07 Å². The number of anilines is 1. The van der Waals surface area contributed by atoms with Crippen LogP contribution in [0.4, 0.5) is 5.69 Å². The van der Waals surface area contributed by atoms with Crippen LogP contribution in [0.15, 0.2) is 23.1 Å². The Morgan fingerprint density at radius 3 is 2.86 bits per heavy atom. The lowest BCUT2D eigenvalue weighted by atomic mass is 10.3. The summed E-state index contributed by atoms with van der Waals surface area (Å²) >= 11 is 1.76. The monoisotopic (exact) mass is 211 g/mol. The second kappa shape index (κ2) is 4.11. The van der Waals surface area contributed by atoms with Crippen LogP contribution in [0.1, 0.15) is 0 Å². The first kappa shape index (κ1) is 9.68. The van der Waals surface area contributed by atoms with E-state index in [1.165, 1.54) is 0 Å². The third-order valence-electron chi connectivity index (χ3n) is 2.15. The Bertz CT molecular complexity index is 326. The molecule has 76 valence electrons. The van der Waals surface area contributed by atoms with Crippen LogP contribution < -0.4 is 10.5 Å². The van der Waals surface area contributed by atoms with Gasteiger partial charge in [-0.25, -0.2) is 0 Å². The Hall–Kier alpha value is -0.870. The molecule has 0 atom stereocenters. The summed E-state index contributed by atoms with van der Waals surface area (Å²) in [6.45, 7) is 1.64. The van der Waals surface area contributed by atoms with E-state index < -0.39 is 0 Å². The SMILES string of the molecule is COc1cccc(SC2COC2)c1N. The summed E-state index contributed by atoms with van der Waals surface area (Å²) in [5.41, 5.74) is 6.66. The van der Waals surface area contributed by atoms with E-state index in [0.29, 0.717) is 5.25 Å². The third kappa shape index (κ3) is 1.81. The number of hydrogen-bond acceptors (Lipinski definition) is 4. The summed E-state index contributed by atoms with van der Waals surface area (Å²) in [7, 11) is 1.63. The molecule has 1 aliphatic rings. The number of benzene rings is 1. The molecule has 0 unspecified atom stereocenters. The van der Waals surface area contributed by atoms with E-state index in [1.54, 1.807) is 18.9 Å². The molecule has 0 bridgehead atoms. The zero-order valence-corrected chi connectivity index (χ0v) is 8.84. The largest absolute Gasteiger partial charge is 0.495 e. The minimum Gasteiger partial charge on any atom is -0.495 e. The van der Waals surface area contributed by atoms with E-state index in [1.807, 2.05) is 18.2 Å². The number of thioether (sulfide) groups is 1. The Morgan fingerprint density at radius 2 is 2.29 bits per heavy atom. The van der Waals surface area contributed by atoms with Crippen molar-refractivity contribution in [2.75, 3.05) is 26.1 Å². The second-order valence-electron chi connectivity index (χ2n) is 3.15. The lowest BCUT2D eigenvalue weighted by molar-refractivity contribution is 0.0455. The zero-order chi connectivity index (χ0) is 9.97. The van der Waals surface area contributed by atoms with Crippen molar-refractivity contribution in [1.82, 2.24) is 0 Å². The lowest BCUT2D eigenvalue weighted by Crippen LogP contribution is -2.30. The molecule has 4 heteroatoms. The van der Waals surface area contributed by atoms with Gasteiger partial charge in [0.15, 0.2) is 0 Å². The van der Waals surface area contributed by atoms with Gasteiger partial charge in [0.1, 0.15) is 5.75 Å². The molecule has 0 aromatic heterocycles. The molecule has 1 aromatic carbocycles. The van der Waals surface area contributed by atoms with Crippen LogP contribution in [0.3, 0.4) is 0 Å². The van der Waals surface area contributed by atoms with Gasteiger partial charge in [0.25, 0.3) is 0 Å². The van der Waals surface area contributed by atoms with Crippen molar-refractivity contribution in [1.29, 1.82) is 0 Å². The Kier molecular flexibility index (Phi) is 2.84. The number of rotatable bonds is 3.